The molecular weight excluding hydrogens is 693 g/mol. The summed E-state index contributed by atoms with van der Waals surface area (Å²) in [6, 6.07) is 0. The lowest BCUT2D eigenvalue weighted by molar-refractivity contribution is -0.161. The fourth-order valence-corrected chi connectivity index (χ4v) is 5.94. The Kier molecular flexibility index (Phi) is 43.6. The van der Waals surface area contributed by atoms with E-state index in [4.69, 9.17) is 9.47 Å². The first kappa shape index (κ1) is 52.8. The van der Waals surface area contributed by atoms with Crippen LogP contribution >= 0.6 is 0 Å². The molecular formula is C51H84O5. The number of aliphatic hydroxyl groups is 1. The summed E-state index contributed by atoms with van der Waals surface area (Å²) >= 11 is 0. The molecule has 0 saturated carbocycles. The van der Waals surface area contributed by atoms with Crippen molar-refractivity contribution in [3.63, 3.8) is 0 Å². The predicted octanol–water partition coefficient (Wildman–Crippen LogP) is 14.8. The minimum atomic E-state index is -0.786. The van der Waals surface area contributed by atoms with Crippen molar-refractivity contribution in [3.8, 4) is 0 Å². The van der Waals surface area contributed by atoms with Gasteiger partial charge in [-0.2, -0.15) is 0 Å². The zero-order chi connectivity index (χ0) is 40.7. The minimum absolute atomic E-state index is 0.0798. The summed E-state index contributed by atoms with van der Waals surface area (Å²) in [4.78, 5) is 24.3. The lowest BCUT2D eigenvalue weighted by Crippen LogP contribution is -2.28. The quantitative estimate of drug-likeness (QED) is 0.0381. The molecule has 1 atom stereocenters. The Hall–Kier alpha value is -3.18. The van der Waals surface area contributed by atoms with E-state index in [1.54, 1.807) is 0 Å². The third-order valence-electron chi connectivity index (χ3n) is 9.36. The van der Waals surface area contributed by atoms with Gasteiger partial charge in [0.2, 0.25) is 0 Å². The molecule has 0 spiro atoms. The summed E-state index contributed by atoms with van der Waals surface area (Å²) < 4.78 is 10.6. The molecule has 0 rings (SSSR count). The van der Waals surface area contributed by atoms with E-state index in [1.807, 2.05) is 0 Å². The topological polar surface area (TPSA) is 72.8 Å². The van der Waals surface area contributed by atoms with Crippen molar-refractivity contribution in [2.75, 3.05) is 13.2 Å². The van der Waals surface area contributed by atoms with Gasteiger partial charge in [0.25, 0.3) is 0 Å². The summed E-state index contributed by atoms with van der Waals surface area (Å²) in [5, 5.41) is 9.58. The molecule has 0 radical (unpaired) electrons. The number of esters is 2. The number of carbonyl (C=O) groups is 2. The Labute approximate surface area is 345 Å². The van der Waals surface area contributed by atoms with Crippen LogP contribution in [0.1, 0.15) is 194 Å². The highest BCUT2D eigenvalue weighted by Gasteiger charge is 2.16. The van der Waals surface area contributed by atoms with E-state index in [-0.39, 0.29) is 25.2 Å². The van der Waals surface area contributed by atoms with Crippen LogP contribution in [0.3, 0.4) is 0 Å². The maximum Gasteiger partial charge on any atom is 0.306 e. The summed E-state index contributed by atoms with van der Waals surface area (Å²) in [5.74, 6) is -0.621. The zero-order valence-electron chi connectivity index (χ0n) is 36.1. The molecule has 0 aliphatic heterocycles. The first-order valence-corrected chi connectivity index (χ1v) is 22.8. The van der Waals surface area contributed by atoms with Crippen LogP contribution in [0.2, 0.25) is 0 Å². The van der Waals surface area contributed by atoms with Gasteiger partial charge in [0.1, 0.15) is 6.61 Å². The summed E-state index contributed by atoms with van der Waals surface area (Å²) in [6.45, 7) is 3.98. The highest BCUT2D eigenvalue weighted by Crippen LogP contribution is 2.12. The van der Waals surface area contributed by atoms with Gasteiger partial charge < -0.3 is 14.6 Å². The molecule has 0 bridgehead atoms. The van der Waals surface area contributed by atoms with Crippen molar-refractivity contribution < 1.29 is 24.2 Å². The van der Waals surface area contributed by atoms with Crippen LogP contribution in [0.25, 0.3) is 0 Å². The van der Waals surface area contributed by atoms with Gasteiger partial charge in [0.05, 0.1) is 6.61 Å². The molecule has 5 nitrogen and oxygen atoms in total. The van der Waals surface area contributed by atoms with E-state index in [9.17, 15) is 14.7 Å². The molecule has 1 unspecified atom stereocenters. The second-order valence-electron chi connectivity index (χ2n) is 14.7. The largest absolute Gasteiger partial charge is 0.462 e. The molecule has 0 amide bonds. The van der Waals surface area contributed by atoms with Gasteiger partial charge in [-0.1, -0.05) is 182 Å². The molecule has 0 aliphatic rings. The van der Waals surface area contributed by atoms with Gasteiger partial charge in [-0.15, -0.1) is 0 Å². The van der Waals surface area contributed by atoms with Gasteiger partial charge in [0, 0.05) is 12.8 Å². The number of rotatable bonds is 40. The van der Waals surface area contributed by atoms with Crippen molar-refractivity contribution in [2.24, 2.45) is 0 Å². The van der Waals surface area contributed by atoms with E-state index in [0.29, 0.717) is 12.8 Å². The van der Waals surface area contributed by atoms with Crippen LogP contribution in [-0.2, 0) is 19.1 Å². The van der Waals surface area contributed by atoms with Crippen LogP contribution < -0.4 is 0 Å². The smallest absolute Gasteiger partial charge is 0.306 e. The molecule has 0 aromatic rings. The normalized spacial score (nSPS) is 13.1. The second-order valence-corrected chi connectivity index (χ2v) is 14.7. The Morgan fingerprint density at radius 2 is 0.768 bits per heavy atom. The van der Waals surface area contributed by atoms with E-state index in [2.05, 4.69) is 111 Å². The summed E-state index contributed by atoms with van der Waals surface area (Å²) in [6.07, 6.45) is 64.8. The molecule has 0 aromatic carbocycles. The number of aliphatic hydroxyl groups excluding tert-OH is 1. The van der Waals surface area contributed by atoms with E-state index in [1.165, 1.54) is 70.6 Å². The van der Waals surface area contributed by atoms with Gasteiger partial charge in [-0.3, -0.25) is 9.59 Å². The molecule has 0 aromatic heterocycles. The van der Waals surface area contributed by atoms with Gasteiger partial charge >= 0.3 is 11.9 Å². The van der Waals surface area contributed by atoms with Crippen LogP contribution in [0.15, 0.2) is 97.2 Å². The fraction of sp³-hybridized carbons (Fsp3) is 0.647. The SMILES string of the molecule is CC/C=C\C/C=C\C/C=C\C/C=C\C/C=C\C/C=C\C/C=C\CCCCCCCCCC(=O)OC(CO)COC(=O)CCCCCCC/C=C\CCCCCC. The van der Waals surface area contributed by atoms with Crippen molar-refractivity contribution in [1.29, 1.82) is 0 Å². The highest BCUT2D eigenvalue weighted by atomic mass is 16.6. The fourth-order valence-electron chi connectivity index (χ4n) is 5.94. The van der Waals surface area contributed by atoms with E-state index < -0.39 is 6.10 Å². The van der Waals surface area contributed by atoms with Gasteiger partial charge in [-0.25, -0.2) is 0 Å². The minimum Gasteiger partial charge on any atom is -0.462 e. The second kappa shape index (κ2) is 46.2. The standard InChI is InChI=1S/C51H84O5/c1-3-5-7-9-11-13-15-17-18-19-20-21-22-23-24-25-26-27-28-29-30-31-32-34-36-38-40-42-44-46-51(54)56-49(47-52)48-55-50(53)45-43-41-39-37-35-33-16-14-12-10-8-6-4-2/h5,7,11,13-14,16-18,20-21,23-24,26-27,29-30,49,52H,3-4,6,8-10,12,15,19,22,25,28,31-48H2,1-2H3/b7-5-,13-11-,16-14-,18-17-,21-20-,24-23-,27-26-,30-29-. The summed E-state index contributed by atoms with van der Waals surface area (Å²) in [5.41, 5.74) is 0. The predicted molar refractivity (Wildman–Crippen MR) is 242 cm³/mol. The van der Waals surface area contributed by atoms with Crippen LogP contribution in [0.4, 0.5) is 0 Å². The van der Waals surface area contributed by atoms with Crippen molar-refractivity contribution in [2.45, 2.75) is 200 Å². The Morgan fingerprint density at radius 1 is 0.429 bits per heavy atom. The molecule has 0 heterocycles. The number of carbonyl (C=O) groups excluding carboxylic acids is 2. The Balaban J connectivity index is 3.62. The molecule has 56 heavy (non-hydrogen) atoms. The average molecular weight is 777 g/mol. The van der Waals surface area contributed by atoms with Crippen LogP contribution in [0, 0.1) is 0 Å². The Morgan fingerprint density at radius 3 is 1.18 bits per heavy atom. The maximum atomic E-state index is 12.2. The first-order chi connectivity index (χ1) is 27.6. The molecule has 0 fully saturated rings. The third kappa shape index (κ3) is 43.5. The number of allylic oxidation sites excluding steroid dienone is 16. The number of hydrogen-bond donors (Lipinski definition) is 1. The molecule has 0 aliphatic carbocycles. The number of ether oxygens (including phenoxy) is 2. The van der Waals surface area contributed by atoms with Crippen molar-refractivity contribution in [1.82, 2.24) is 0 Å². The molecule has 0 saturated heterocycles. The number of unbranched alkanes of at least 4 members (excludes halogenated alkanes) is 16. The van der Waals surface area contributed by atoms with Gasteiger partial charge in [0.15, 0.2) is 6.10 Å². The zero-order valence-corrected chi connectivity index (χ0v) is 36.1. The maximum absolute atomic E-state index is 12.2. The van der Waals surface area contributed by atoms with Crippen LogP contribution in [0.5, 0.6) is 0 Å². The molecule has 5 heteroatoms. The third-order valence-corrected chi connectivity index (χ3v) is 9.36. The lowest BCUT2D eigenvalue weighted by Gasteiger charge is -2.15. The monoisotopic (exact) mass is 777 g/mol. The average Bonchev–Trinajstić information content (AvgIpc) is 3.20. The molecule has 318 valence electrons. The highest BCUT2D eigenvalue weighted by molar-refractivity contribution is 5.70. The van der Waals surface area contributed by atoms with Crippen molar-refractivity contribution >= 4 is 11.9 Å². The molecule has 1 N–H and O–H groups in total. The Bertz CT molecular complexity index is 1110. The van der Waals surface area contributed by atoms with E-state index >= 15 is 0 Å². The van der Waals surface area contributed by atoms with Crippen molar-refractivity contribution in [3.05, 3.63) is 97.2 Å². The van der Waals surface area contributed by atoms with Crippen LogP contribution in [-0.4, -0.2) is 36.4 Å². The lowest BCUT2D eigenvalue weighted by atomic mass is 10.1. The summed E-state index contributed by atoms with van der Waals surface area (Å²) in [7, 11) is 0. The van der Waals surface area contributed by atoms with Gasteiger partial charge in [-0.05, 0) is 96.3 Å². The van der Waals surface area contributed by atoms with E-state index in [0.717, 1.165) is 96.3 Å². The number of hydrogen-bond acceptors (Lipinski definition) is 5. The first-order valence-electron chi connectivity index (χ1n) is 22.8.